The molecule has 0 radical (unpaired) electrons. The summed E-state index contributed by atoms with van der Waals surface area (Å²) in [6.07, 6.45) is 2.31. The van der Waals surface area contributed by atoms with Gasteiger partial charge in [-0.15, -0.1) is 0 Å². The number of hydrogen-bond donors (Lipinski definition) is 0. The molecule has 0 bridgehead atoms. The molecule has 1 aromatic heterocycles. The van der Waals surface area contributed by atoms with Gasteiger partial charge in [-0.3, -0.25) is 4.57 Å². The summed E-state index contributed by atoms with van der Waals surface area (Å²) in [6, 6.07) is 46.0. The number of para-hydroxylation sites is 1. The Morgan fingerprint density at radius 1 is 0.644 bits per heavy atom. The Labute approximate surface area is 271 Å². The van der Waals surface area contributed by atoms with Gasteiger partial charge in [-0.2, -0.15) is 0 Å². The van der Waals surface area contributed by atoms with E-state index in [4.69, 9.17) is 4.98 Å². The normalized spacial score (nSPS) is 12.6. The molecule has 0 saturated carbocycles. The molecule has 224 valence electrons. The molecule has 0 spiro atoms. The second kappa shape index (κ2) is 12.1. The van der Waals surface area contributed by atoms with Crippen molar-refractivity contribution < 1.29 is 0 Å². The zero-order valence-electron chi connectivity index (χ0n) is 26.5. The number of nitrogens with zero attached hydrogens (tertiary/aromatic N) is 3. The van der Waals surface area contributed by atoms with Gasteiger partial charge in [0, 0.05) is 38.7 Å². The van der Waals surface area contributed by atoms with Gasteiger partial charge in [0.25, 0.3) is 0 Å². The minimum Gasteiger partial charge on any atom is -0.340 e. The molecule has 0 N–H and O–H groups in total. The van der Waals surface area contributed by atoms with Crippen molar-refractivity contribution >= 4 is 23.1 Å². The first-order chi connectivity index (χ1) is 21.9. The third-order valence-electron chi connectivity index (χ3n) is 8.58. The van der Waals surface area contributed by atoms with Gasteiger partial charge in [0.15, 0.2) is 0 Å². The molecule has 6 aromatic rings. The van der Waals surface area contributed by atoms with Crippen molar-refractivity contribution in [2.45, 2.75) is 55.7 Å². The minimum absolute atomic E-state index is 0.0728. The number of benzene rings is 5. The van der Waals surface area contributed by atoms with Crippen LogP contribution >= 0.6 is 11.8 Å². The number of anilines is 2. The molecule has 0 unspecified atom stereocenters. The van der Waals surface area contributed by atoms with Crippen molar-refractivity contribution in [2.24, 2.45) is 0 Å². The SMILES string of the molecule is CCCCN1c2ccccc2Sc2cc(-c3nc(-c4ccccc4)c(-c4ccccc4)n3-c3ccc(C(C)(C)C)cc3)ccc21. The van der Waals surface area contributed by atoms with Crippen molar-refractivity contribution in [1.29, 1.82) is 0 Å². The van der Waals surface area contributed by atoms with Crippen LogP contribution in [0.3, 0.4) is 0 Å². The molecule has 0 fully saturated rings. The van der Waals surface area contributed by atoms with E-state index in [0.717, 1.165) is 59.0 Å². The van der Waals surface area contributed by atoms with Gasteiger partial charge in [0.05, 0.1) is 22.8 Å². The second-order valence-electron chi connectivity index (χ2n) is 12.8. The Hall–Kier alpha value is -4.54. The highest BCUT2D eigenvalue weighted by atomic mass is 32.2. The number of imidazole rings is 1. The zero-order valence-corrected chi connectivity index (χ0v) is 27.3. The Morgan fingerprint density at radius 2 is 1.29 bits per heavy atom. The van der Waals surface area contributed by atoms with E-state index < -0.39 is 0 Å². The monoisotopic (exact) mass is 605 g/mol. The van der Waals surface area contributed by atoms with E-state index in [0.29, 0.717) is 0 Å². The summed E-state index contributed by atoms with van der Waals surface area (Å²) in [5.74, 6) is 0.943. The van der Waals surface area contributed by atoms with Crippen molar-refractivity contribution in [3.63, 3.8) is 0 Å². The van der Waals surface area contributed by atoms with Crippen LogP contribution in [-0.4, -0.2) is 16.1 Å². The molecular formula is C41H39N3S. The molecule has 0 saturated heterocycles. The molecule has 1 aliphatic rings. The fourth-order valence-electron chi connectivity index (χ4n) is 6.17. The highest BCUT2D eigenvalue weighted by molar-refractivity contribution is 7.99. The largest absolute Gasteiger partial charge is 0.340 e. The van der Waals surface area contributed by atoms with Crippen LogP contribution < -0.4 is 4.90 Å². The molecule has 2 heterocycles. The fourth-order valence-corrected chi connectivity index (χ4v) is 7.30. The number of fused-ring (bicyclic) bond motifs is 2. The summed E-state index contributed by atoms with van der Waals surface area (Å²) in [6.45, 7) is 10.1. The summed E-state index contributed by atoms with van der Waals surface area (Å²) >= 11 is 1.86. The lowest BCUT2D eigenvalue weighted by atomic mass is 9.87. The number of hydrogen-bond acceptors (Lipinski definition) is 3. The molecule has 7 rings (SSSR count). The first kappa shape index (κ1) is 29.2. The third-order valence-corrected chi connectivity index (χ3v) is 9.70. The second-order valence-corrected chi connectivity index (χ2v) is 13.8. The lowest BCUT2D eigenvalue weighted by Gasteiger charge is -2.33. The van der Waals surface area contributed by atoms with E-state index in [1.807, 2.05) is 11.8 Å². The van der Waals surface area contributed by atoms with Crippen molar-refractivity contribution in [1.82, 2.24) is 9.55 Å². The summed E-state index contributed by atoms with van der Waals surface area (Å²) < 4.78 is 2.36. The molecule has 4 heteroatoms. The van der Waals surface area contributed by atoms with Gasteiger partial charge in [-0.25, -0.2) is 4.98 Å². The Morgan fingerprint density at radius 3 is 1.98 bits per heavy atom. The van der Waals surface area contributed by atoms with Crippen molar-refractivity contribution in [3.8, 4) is 39.6 Å². The predicted molar refractivity (Wildman–Crippen MR) is 191 cm³/mol. The van der Waals surface area contributed by atoms with Crippen molar-refractivity contribution in [3.05, 3.63) is 133 Å². The van der Waals surface area contributed by atoms with E-state index in [1.54, 1.807) is 0 Å². The number of rotatable bonds is 7. The summed E-state index contributed by atoms with van der Waals surface area (Å²) in [7, 11) is 0. The first-order valence-electron chi connectivity index (χ1n) is 16.0. The van der Waals surface area contributed by atoms with Crippen LogP contribution in [-0.2, 0) is 5.41 Å². The van der Waals surface area contributed by atoms with Gasteiger partial charge in [-0.1, -0.05) is 131 Å². The van der Waals surface area contributed by atoms with Gasteiger partial charge in [-0.05, 0) is 59.9 Å². The van der Waals surface area contributed by atoms with Crippen molar-refractivity contribution in [2.75, 3.05) is 11.4 Å². The average Bonchev–Trinajstić information content (AvgIpc) is 3.48. The van der Waals surface area contributed by atoms with Crippen LogP contribution in [0, 0.1) is 0 Å². The topological polar surface area (TPSA) is 21.1 Å². The maximum absolute atomic E-state index is 5.48. The Balaban J connectivity index is 1.46. The van der Waals surface area contributed by atoms with Gasteiger partial charge >= 0.3 is 0 Å². The highest BCUT2D eigenvalue weighted by Gasteiger charge is 2.27. The first-order valence-corrected chi connectivity index (χ1v) is 16.8. The summed E-state index contributed by atoms with van der Waals surface area (Å²) in [5, 5.41) is 0. The molecule has 45 heavy (non-hydrogen) atoms. The highest BCUT2D eigenvalue weighted by Crippen LogP contribution is 2.50. The minimum atomic E-state index is 0.0728. The van der Waals surface area contributed by atoms with Crippen LogP contribution in [0.2, 0.25) is 0 Å². The van der Waals surface area contributed by atoms with Crippen LogP contribution in [0.15, 0.2) is 137 Å². The van der Waals surface area contributed by atoms with Gasteiger partial charge in [0.1, 0.15) is 5.82 Å². The molecular weight excluding hydrogens is 567 g/mol. The lowest BCUT2D eigenvalue weighted by Crippen LogP contribution is -2.21. The maximum Gasteiger partial charge on any atom is 0.145 e. The Kier molecular flexibility index (Phi) is 7.85. The average molecular weight is 606 g/mol. The van der Waals surface area contributed by atoms with Gasteiger partial charge < -0.3 is 4.90 Å². The standard InChI is InChI=1S/C41H39N3S/c1-5-6-27-43-34-19-13-14-20-36(34)45-37-28-31(21-26-35(37)43)40-42-38(29-15-9-7-10-16-29)39(30-17-11-8-12-18-30)44(40)33-24-22-32(23-25-33)41(2,3)4/h7-26,28H,5-6,27H2,1-4H3. The number of unbranched alkanes of at least 4 members (excludes halogenated alkanes) is 1. The van der Waals surface area contributed by atoms with E-state index in [2.05, 4.69) is 165 Å². The lowest BCUT2D eigenvalue weighted by molar-refractivity contribution is 0.590. The predicted octanol–water partition coefficient (Wildman–Crippen LogP) is 11.6. The van der Waals surface area contributed by atoms with Crippen LogP contribution in [0.4, 0.5) is 11.4 Å². The summed E-state index contributed by atoms with van der Waals surface area (Å²) in [5.41, 5.74) is 10.5. The zero-order chi connectivity index (χ0) is 31.0. The molecule has 0 amide bonds. The van der Waals surface area contributed by atoms with Crippen LogP contribution in [0.1, 0.15) is 46.1 Å². The molecule has 1 aliphatic heterocycles. The van der Waals surface area contributed by atoms with E-state index in [9.17, 15) is 0 Å². The molecule has 0 aliphatic carbocycles. The third kappa shape index (κ3) is 5.60. The smallest absolute Gasteiger partial charge is 0.145 e. The van der Waals surface area contributed by atoms with E-state index in [-0.39, 0.29) is 5.41 Å². The Bertz CT molecular complexity index is 1930. The molecule has 5 aromatic carbocycles. The molecule has 3 nitrogen and oxygen atoms in total. The van der Waals surface area contributed by atoms with Crippen LogP contribution in [0.5, 0.6) is 0 Å². The maximum atomic E-state index is 5.48. The van der Waals surface area contributed by atoms with Gasteiger partial charge in [0.2, 0.25) is 0 Å². The molecule has 0 atom stereocenters. The van der Waals surface area contributed by atoms with E-state index >= 15 is 0 Å². The van der Waals surface area contributed by atoms with Crippen LogP contribution in [0.25, 0.3) is 39.6 Å². The van der Waals surface area contributed by atoms with E-state index in [1.165, 1.54) is 26.7 Å². The quantitative estimate of drug-likeness (QED) is 0.181. The summed E-state index contributed by atoms with van der Waals surface area (Å²) in [4.78, 5) is 10.5. The number of aromatic nitrogens is 2. The fraction of sp³-hybridized carbons (Fsp3) is 0.195.